The number of benzene rings is 2. The monoisotopic (exact) mass is 363 g/mol. The number of unbranched alkanes of at least 4 members (excludes halogenated alkanes) is 1. The van der Waals surface area contributed by atoms with E-state index >= 15 is 0 Å². The molecule has 1 aromatic heterocycles. The van der Waals surface area contributed by atoms with Gasteiger partial charge in [0.25, 0.3) is 0 Å². The third-order valence-electron chi connectivity index (χ3n) is 4.28. The minimum Gasteiger partial charge on any atom is -0.495 e. The number of hydrogen-bond acceptors (Lipinski definition) is 6. The molecule has 0 aliphatic heterocycles. The molecule has 3 rings (SSSR count). The summed E-state index contributed by atoms with van der Waals surface area (Å²) in [6.07, 6.45) is 4.97. The molecule has 4 N–H and O–H groups in total. The fourth-order valence-electron chi connectivity index (χ4n) is 2.74. The van der Waals surface area contributed by atoms with Gasteiger partial charge in [0.2, 0.25) is 0 Å². The van der Waals surface area contributed by atoms with Gasteiger partial charge in [0.05, 0.1) is 12.8 Å². The molecule has 0 bridgehead atoms. The number of methoxy groups -OCH3 is 1. The zero-order chi connectivity index (χ0) is 19.1. The minimum absolute atomic E-state index is 0.443. The SMILES string of the molecule is CCCCc1ccc(Nc2ncnc(Nc3ccccc3OC)c2N)cc1. The Balaban J connectivity index is 1.76. The van der Waals surface area contributed by atoms with E-state index in [0.717, 1.165) is 17.8 Å². The van der Waals surface area contributed by atoms with E-state index in [1.54, 1.807) is 7.11 Å². The summed E-state index contributed by atoms with van der Waals surface area (Å²) in [5.74, 6) is 1.80. The van der Waals surface area contributed by atoms with Crippen LogP contribution in [0.3, 0.4) is 0 Å². The number of nitrogens with one attached hydrogen (secondary N) is 2. The number of rotatable bonds is 8. The van der Waals surface area contributed by atoms with Crippen LogP contribution >= 0.6 is 0 Å². The van der Waals surface area contributed by atoms with Gasteiger partial charge in [-0.05, 0) is 42.7 Å². The molecule has 0 atom stereocenters. The van der Waals surface area contributed by atoms with Crippen LogP contribution in [0.15, 0.2) is 54.9 Å². The van der Waals surface area contributed by atoms with E-state index in [-0.39, 0.29) is 0 Å². The van der Waals surface area contributed by atoms with Gasteiger partial charge in [-0.15, -0.1) is 0 Å². The molecule has 0 unspecified atom stereocenters. The molecule has 0 aliphatic carbocycles. The molecule has 0 radical (unpaired) electrons. The Morgan fingerprint density at radius 1 is 0.963 bits per heavy atom. The smallest absolute Gasteiger partial charge is 0.159 e. The lowest BCUT2D eigenvalue weighted by atomic mass is 10.1. The molecule has 6 nitrogen and oxygen atoms in total. The molecule has 27 heavy (non-hydrogen) atoms. The summed E-state index contributed by atoms with van der Waals surface area (Å²) in [6, 6.07) is 15.9. The normalized spacial score (nSPS) is 10.4. The first-order chi connectivity index (χ1) is 13.2. The van der Waals surface area contributed by atoms with Crippen LogP contribution in [0.4, 0.5) is 28.7 Å². The maximum absolute atomic E-state index is 6.28. The summed E-state index contributed by atoms with van der Waals surface area (Å²) in [4.78, 5) is 8.53. The number of aryl methyl sites for hydroxylation is 1. The van der Waals surface area contributed by atoms with Gasteiger partial charge in [-0.3, -0.25) is 0 Å². The van der Waals surface area contributed by atoms with Crippen molar-refractivity contribution in [3.05, 3.63) is 60.4 Å². The lowest BCUT2D eigenvalue weighted by molar-refractivity contribution is 0.417. The fourth-order valence-corrected chi connectivity index (χ4v) is 2.74. The first-order valence-corrected chi connectivity index (χ1v) is 9.07. The predicted molar refractivity (Wildman–Crippen MR) is 111 cm³/mol. The maximum Gasteiger partial charge on any atom is 0.159 e. The average molecular weight is 363 g/mol. The van der Waals surface area contributed by atoms with Gasteiger partial charge in [0, 0.05) is 5.69 Å². The second-order valence-electron chi connectivity index (χ2n) is 6.24. The standard InChI is InChI=1S/C21H25N5O/c1-3-4-7-15-10-12-16(13-11-15)25-20-19(22)21(24-14-23-20)26-17-8-5-6-9-18(17)27-2/h5-6,8-14H,3-4,7,22H2,1-2H3,(H2,23,24,25,26). The molecule has 3 aromatic rings. The van der Waals surface area contributed by atoms with Gasteiger partial charge >= 0.3 is 0 Å². The third-order valence-corrected chi connectivity index (χ3v) is 4.28. The van der Waals surface area contributed by atoms with Crippen LogP contribution < -0.4 is 21.1 Å². The van der Waals surface area contributed by atoms with Crippen molar-refractivity contribution in [3.8, 4) is 5.75 Å². The van der Waals surface area contributed by atoms with Gasteiger partial charge < -0.3 is 21.1 Å². The molecule has 0 saturated heterocycles. The zero-order valence-corrected chi connectivity index (χ0v) is 15.7. The van der Waals surface area contributed by atoms with Crippen molar-refractivity contribution in [3.63, 3.8) is 0 Å². The molecule has 140 valence electrons. The van der Waals surface area contributed by atoms with Crippen LogP contribution in [0, 0.1) is 0 Å². The van der Waals surface area contributed by atoms with Crippen LogP contribution in [0.5, 0.6) is 5.75 Å². The van der Waals surface area contributed by atoms with Crippen LogP contribution in [0.2, 0.25) is 0 Å². The van der Waals surface area contributed by atoms with Crippen molar-refractivity contribution in [1.29, 1.82) is 0 Å². The molecule has 1 heterocycles. The molecule has 0 saturated carbocycles. The highest BCUT2D eigenvalue weighted by atomic mass is 16.5. The van der Waals surface area contributed by atoms with Crippen LogP contribution in [0.25, 0.3) is 0 Å². The Hall–Kier alpha value is -3.28. The molecule has 0 amide bonds. The summed E-state index contributed by atoms with van der Waals surface area (Å²) in [5, 5.41) is 6.47. The lowest BCUT2D eigenvalue weighted by Crippen LogP contribution is -2.05. The van der Waals surface area contributed by atoms with Crippen molar-refractivity contribution in [2.45, 2.75) is 26.2 Å². The number of nitrogens with zero attached hydrogens (tertiary/aromatic N) is 2. The topological polar surface area (TPSA) is 85.1 Å². The first kappa shape index (κ1) is 18.5. The molecular formula is C21H25N5O. The predicted octanol–water partition coefficient (Wildman–Crippen LogP) is 4.90. The Morgan fingerprint density at radius 2 is 1.67 bits per heavy atom. The number of para-hydroxylation sites is 2. The van der Waals surface area contributed by atoms with Gasteiger partial charge in [-0.1, -0.05) is 37.6 Å². The lowest BCUT2D eigenvalue weighted by Gasteiger charge is -2.14. The number of ether oxygens (including phenoxy) is 1. The minimum atomic E-state index is 0.443. The van der Waals surface area contributed by atoms with Crippen molar-refractivity contribution < 1.29 is 4.74 Å². The molecule has 0 aliphatic rings. The molecule has 0 spiro atoms. The second-order valence-corrected chi connectivity index (χ2v) is 6.24. The number of hydrogen-bond donors (Lipinski definition) is 3. The first-order valence-electron chi connectivity index (χ1n) is 9.07. The molecule has 0 fully saturated rings. The summed E-state index contributed by atoms with van der Waals surface area (Å²) in [7, 11) is 1.63. The van der Waals surface area contributed by atoms with Crippen LogP contribution in [0.1, 0.15) is 25.3 Å². The number of nitrogen functional groups attached to an aromatic ring is 1. The van der Waals surface area contributed by atoms with Gasteiger partial charge in [0.1, 0.15) is 17.8 Å². The van der Waals surface area contributed by atoms with Crippen molar-refractivity contribution in [2.24, 2.45) is 0 Å². The van der Waals surface area contributed by atoms with E-state index in [0.29, 0.717) is 23.1 Å². The van der Waals surface area contributed by atoms with Crippen molar-refractivity contribution >= 4 is 28.7 Å². The summed E-state index contributed by atoms with van der Waals surface area (Å²) in [5.41, 5.74) is 9.77. The molecular weight excluding hydrogens is 338 g/mol. The summed E-state index contributed by atoms with van der Waals surface area (Å²) < 4.78 is 5.36. The highest BCUT2D eigenvalue weighted by Crippen LogP contribution is 2.31. The van der Waals surface area contributed by atoms with E-state index in [4.69, 9.17) is 10.5 Å². The van der Waals surface area contributed by atoms with Gasteiger partial charge in [-0.25, -0.2) is 9.97 Å². The number of aromatic nitrogens is 2. The van der Waals surface area contributed by atoms with E-state index in [1.807, 2.05) is 36.4 Å². The quantitative estimate of drug-likeness (QED) is 0.528. The average Bonchev–Trinajstić information content (AvgIpc) is 2.71. The van der Waals surface area contributed by atoms with Crippen molar-refractivity contribution in [1.82, 2.24) is 9.97 Å². The summed E-state index contributed by atoms with van der Waals surface area (Å²) in [6.45, 7) is 2.20. The Kier molecular flexibility index (Phi) is 6.10. The van der Waals surface area contributed by atoms with E-state index in [9.17, 15) is 0 Å². The highest BCUT2D eigenvalue weighted by Gasteiger charge is 2.11. The van der Waals surface area contributed by atoms with E-state index in [1.165, 1.54) is 24.7 Å². The summed E-state index contributed by atoms with van der Waals surface area (Å²) >= 11 is 0. The Labute approximate surface area is 159 Å². The van der Waals surface area contributed by atoms with Crippen LogP contribution in [-0.4, -0.2) is 17.1 Å². The van der Waals surface area contributed by atoms with Gasteiger partial charge in [-0.2, -0.15) is 0 Å². The van der Waals surface area contributed by atoms with Crippen LogP contribution in [-0.2, 0) is 6.42 Å². The molecule has 6 heteroatoms. The number of nitrogens with two attached hydrogens (primary N) is 1. The maximum atomic E-state index is 6.28. The molecule has 2 aromatic carbocycles. The largest absolute Gasteiger partial charge is 0.495 e. The zero-order valence-electron chi connectivity index (χ0n) is 15.7. The fraction of sp³-hybridized carbons (Fsp3) is 0.238. The Morgan fingerprint density at radius 3 is 2.37 bits per heavy atom. The van der Waals surface area contributed by atoms with Crippen molar-refractivity contribution in [2.75, 3.05) is 23.5 Å². The highest BCUT2D eigenvalue weighted by molar-refractivity contribution is 5.81. The number of anilines is 5. The van der Waals surface area contributed by atoms with E-state index in [2.05, 4.69) is 39.7 Å². The third kappa shape index (κ3) is 4.67. The second kappa shape index (κ2) is 8.89. The van der Waals surface area contributed by atoms with E-state index < -0.39 is 0 Å². The van der Waals surface area contributed by atoms with Gasteiger partial charge in [0.15, 0.2) is 11.6 Å². The Bertz CT molecular complexity index is 880.